The Bertz CT molecular complexity index is 970. The van der Waals surface area contributed by atoms with E-state index in [-0.39, 0.29) is 11.6 Å². The van der Waals surface area contributed by atoms with Crippen LogP contribution in [0.5, 0.6) is 0 Å². The summed E-state index contributed by atoms with van der Waals surface area (Å²) in [6.45, 7) is 1.53. The van der Waals surface area contributed by atoms with E-state index in [2.05, 4.69) is 5.32 Å². The summed E-state index contributed by atoms with van der Waals surface area (Å²) in [5.74, 6) is -1.02. The fraction of sp³-hybridized carbons (Fsp3) is 0.125. The van der Waals surface area contributed by atoms with Crippen LogP contribution in [0.1, 0.15) is 40.0 Å². The van der Waals surface area contributed by atoms with Crippen molar-refractivity contribution in [3.05, 3.63) is 107 Å². The normalized spacial score (nSPS) is 11.3. The van der Waals surface area contributed by atoms with Crippen LogP contribution in [0, 0.1) is 11.3 Å². The Labute approximate surface area is 169 Å². The third kappa shape index (κ3) is 5.08. The van der Waals surface area contributed by atoms with Crippen molar-refractivity contribution < 1.29 is 14.3 Å². The van der Waals surface area contributed by atoms with Crippen molar-refractivity contribution in [3.8, 4) is 6.07 Å². The average molecular weight is 384 g/mol. The summed E-state index contributed by atoms with van der Waals surface area (Å²) in [6, 6.07) is 26.9. The van der Waals surface area contributed by atoms with Gasteiger partial charge < -0.3 is 10.1 Å². The molecule has 3 rings (SSSR count). The minimum atomic E-state index is -0.979. The predicted octanol–water partition coefficient (Wildman–Crippen LogP) is 4.01. The first-order valence-corrected chi connectivity index (χ1v) is 9.20. The van der Waals surface area contributed by atoms with E-state index in [0.29, 0.717) is 5.56 Å². The zero-order valence-corrected chi connectivity index (χ0v) is 15.9. The highest BCUT2D eigenvalue weighted by atomic mass is 16.5. The number of carbonyl (C=O) groups is 2. The fourth-order valence-corrected chi connectivity index (χ4v) is 2.87. The van der Waals surface area contributed by atoms with Crippen molar-refractivity contribution >= 4 is 11.9 Å². The van der Waals surface area contributed by atoms with E-state index in [9.17, 15) is 9.59 Å². The van der Waals surface area contributed by atoms with E-state index in [4.69, 9.17) is 10.00 Å². The molecule has 3 aromatic carbocycles. The van der Waals surface area contributed by atoms with Gasteiger partial charge in [0.05, 0.1) is 23.2 Å². The Balaban J connectivity index is 1.72. The van der Waals surface area contributed by atoms with Crippen molar-refractivity contribution in [1.82, 2.24) is 5.32 Å². The fourth-order valence-electron chi connectivity index (χ4n) is 2.87. The molecule has 0 fully saturated rings. The molecule has 0 aliphatic heterocycles. The largest absolute Gasteiger partial charge is 0.449 e. The van der Waals surface area contributed by atoms with E-state index < -0.39 is 18.0 Å². The smallest absolute Gasteiger partial charge is 0.338 e. The van der Waals surface area contributed by atoms with Crippen LogP contribution in [0.3, 0.4) is 0 Å². The summed E-state index contributed by atoms with van der Waals surface area (Å²) in [7, 11) is 0. The molecule has 0 saturated carbocycles. The maximum Gasteiger partial charge on any atom is 0.338 e. The molecule has 5 heteroatoms. The summed E-state index contributed by atoms with van der Waals surface area (Å²) < 4.78 is 5.31. The number of nitrogens with zero attached hydrogens (tertiary/aromatic N) is 1. The molecule has 1 amide bonds. The quantitative estimate of drug-likeness (QED) is 0.651. The van der Waals surface area contributed by atoms with Gasteiger partial charge in [-0.25, -0.2) is 4.79 Å². The molecule has 5 nitrogen and oxygen atoms in total. The summed E-state index contributed by atoms with van der Waals surface area (Å²) in [5, 5.41) is 11.8. The Hall–Kier alpha value is -3.91. The van der Waals surface area contributed by atoms with Gasteiger partial charge in [0.2, 0.25) is 0 Å². The molecule has 0 radical (unpaired) electrons. The van der Waals surface area contributed by atoms with Crippen LogP contribution in [0.15, 0.2) is 84.9 Å². The Morgan fingerprint density at radius 3 is 1.86 bits per heavy atom. The number of rotatable bonds is 6. The van der Waals surface area contributed by atoms with Gasteiger partial charge in [-0.1, -0.05) is 60.7 Å². The molecule has 0 aliphatic carbocycles. The summed E-state index contributed by atoms with van der Waals surface area (Å²) >= 11 is 0. The average Bonchev–Trinajstić information content (AvgIpc) is 2.78. The molecule has 0 aliphatic rings. The van der Waals surface area contributed by atoms with E-state index in [1.165, 1.54) is 31.2 Å². The van der Waals surface area contributed by atoms with E-state index in [1.807, 2.05) is 66.7 Å². The minimum Gasteiger partial charge on any atom is -0.449 e. The second kappa shape index (κ2) is 9.34. The van der Waals surface area contributed by atoms with Crippen molar-refractivity contribution in [2.45, 2.75) is 19.1 Å². The van der Waals surface area contributed by atoms with Crippen molar-refractivity contribution in [2.75, 3.05) is 0 Å². The molecule has 0 aromatic heterocycles. The lowest BCUT2D eigenvalue weighted by Gasteiger charge is -2.22. The van der Waals surface area contributed by atoms with Crippen molar-refractivity contribution in [2.24, 2.45) is 0 Å². The highest BCUT2D eigenvalue weighted by Crippen LogP contribution is 2.22. The zero-order valence-electron chi connectivity index (χ0n) is 15.9. The number of ether oxygens (including phenoxy) is 1. The third-order valence-corrected chi connectivity index (χ3v) is 4.46. The summed E-state index contributed by atoms with van der Waals surface area (Å²) in [6.07, 6.45) is -0.979. The highest BCUT2D eigenvalue weighted by Gasteiger charge is 2.23. The lowest BCUT2D eigenvalue weighted by Crippen LogP contribution is -2.38. The molecule has 0 unspecified atom stereocenters. The lowest BCUT2D eigenvalue weighted by molar-refractivity contribution is -0.129. The first-order chi connectivity index (χ1) is 14.1. The van der Waals surface area contributed by atoms with Crippen molar-refractivity contribution in [3.63, 3.8) is 0 Å². The van der Waals surface area contributed by atoms with Crippen molar-refractivity contribution in [1.29, 1.82) is 5.26 Å². The molecule has 1 N–H and O–H groups in total. The number of benzene rings is 3. The number of nitrogens with one attached hydrogen (secondary N) is 1. The van der Waals surface area contributed by atoms with Crippen LogP contribution >= 0.6 is 0 Å². The monoisotopic (exact) mass is 384 g/mol. The number of nitriles is 1. The second-order valence-corrected chi connectivity index (χ2v) is 6.50. The van der Waals surface area contributed by atoms with Gasteiger partial charge in [-0.15, -0.1) is 0 Å². The number of esters is 1. The van der Waals surface area contributed by atoms with Gasteiger partial charge in [0.25, 0.3) is 5.91 Å². The second-order valence-electron chi connectivity index (χ2n) is 6.50. The molecular formula is C24H20N2O3. The molecule has 0 heterocycles. The van der Waals surface area contributed by atoms with E-state index in [1.54, 1.807) is 0 Å². The molecule has 0 saturated heterocycles. The molecule has 1 atom stereocenters. The molecule has 0 bridgehead atoms. The number of hydrogen-bond acceptors (Lipinski definition) is 4. The first-order valence-electron chi connectivity index (χ1n) is 9.20. The van der Waals surface area contributed by atoms with Gasteiger partial charge in [-0.2, -0.15) is 5.26 Å². The minimum absolute atomic E-state index is 0.284. The Morgan fingerprint density at radius 2 is 1.38 bits per heavy atom. The highest BCUT2D eigenvalue weighted by molar-refractivity contribution is 5.92. The molecule has 0 spiro atoms. The Morgan fingerprint density at radius 1 is 0.862 bits per heavy atom. The van der Waals surface area contributed by atoms with E-state index >= 15 is 0 Å². The van der Waals surface area contributed by atoms with Gasteiger partial charge in [0.15, 0.2) is 6.10 Å². The number of amides is 1. The van der Waals surface area contributed by atoms with Gasteiger partial charge in [0.1, 0.15) is 0 Å². The number of hydrogen-bond donors (Lipinski definition) is 1. The van der Waals surface area contributed by atoms with Crippen LogP contribution in [0.25, 0.3) is 0 Å². The van der Waals surface area contributed by atoms with Crippen LogP contribution in [-0.2, 0) is 9.53 Å². The zero-order chi connectivity index (χ0) is 20.6. The van der Waals surface area contributed by atoms with Gasteiger partial charge >= 0.3 is 5.97 Å². The lowest BCUT2D eigenvalue weighted by atomic mass is 9.98. The van der Waals surface area contributed by atoms with Crippen LogP contribution in [-0.4, -0.2) is 18.0 Å². The topological polar surface area (TPSA) is 79.2 Å². The van der Waals surface area contributed by atoms with Crippen LogP contribution < -0.4 is 5.32 Å². The third-order valence-electron chi connectivity index (χ3n) is 4.46. The maximum atomic E-state index is 12.7. The van der Waals surface area contributed by atoms with Crippen LogP contribution in [0.2, 0.25) is 0 Å². The summed E-state index contributed by atoms with van der Waals surface area (Å²) in [5.41, 5.74) is 2.59. The van der Waals surface area contributed by atoms with Gasteiger partial charge in [-0.3, -0.25) is 4.79 Å². The van der Waals surface area contributed by atoms with Crippen LogP contribution in [0.4, 0.5) is 0 Å². The molecular weight excluding hydrogens is 364 g/mol. The van der Waals surface area contributed by atoms with E-state index in [0.717, 1.165) is 11.1 Å². The maximum absolute atomic E-state index is 12.7. The predicted molar refractivity (Wildman–Crippen MR) is 109 cm³/mol. The molecule has 3 aromatic rings. The first kappa shape index (κ1) is 19.8. The molecule has 144 valence electrons. The Kier molecular flexibility index (Phi) is 6.39. The van der Waals surface area contributed by atoms with Gasteiger partial charge in [-0.05, 0) is 42.3 Å². The SMILES string of the molecule is C[C@@H](OC(=O)c1ccc(C#N)cc1)C(=O)NC(c1ccccc1)c1ccccc1. The summed E-state index contributed by atoms with van der Waals surface area (Å²) in [4.78, 5) is 25.0. The molecule has 29 heavy (non-hydrogen) atoms. The van der Waals surface area contributed by atoms with Gasteiger partial charge in [0, 0.05) is 0 Å². The number of carbonyl (C=O) groups excluding carboxylic acids is 2. The standard InChI is InChI=1S/C24H20N2O3/c1-17(29-24(28)21-14-12-18(16-25)13-15-21)23(27)26-22(19-8-4-2-5-9-19)20-10-6-3-7-11-20/h2-15,17,22H,1H3,(H,26,27)/t17-/m1/s1.